The van der Waals surface area contributed by atoms with Gasteiger partial charge in [-0.25, -0.2) is 4.79 Å². The lowest BCUT2D eigenvalue weighted by molar-refractivity contribution is 0.0573. The molecule has 0 spiro atoms. The Balaban J connectivity index is 2.39. The highest BCUT2D eigenvalue weighted by Gasteiger charge is 2.35. The SMILES string of the molecule is CC(C)c1ccc2c(c1)NC(C)(C)CN2C(=O)OC(C)(C)C. The minimum atomic E-state index is -0.496. The first kappa shape index (κ1) is 16.7. The van der Waals surface area contributed by atoms with Gasteiger partial charge >= 0.3 is 6.09 Å². The Kier molecular flexibility index (Phi) is 4.16. The molecule has 4 nitrogen and oxygen atoms in total. The van der Waals surface area contributed by atoms with Crippen molar-refractivity contribution >= 4 is 17.5 Å². The van der Waals surface area contributed by atoms with Gasteiger partial charge in [0.15, 0.2) is 0 Å². The number of nitrogens with one attached hydrogen (secondary N) is 1. The van der Waals surface area contributed by atoms with Gasteiger partial charge in [-0.3, -0.25) is 4.90 Å². The van der Waals surface area contributed by atoms with Crippen LogP contribution in [0.3, 0.4) is 0 Å². The Labute approximate surface area is 133 Å². The standard InChI is InChI=1S/C18H28N2O2/c1-12(2)13-8-9-15-14(10-13)19-18(6,7)11-20(15)16(21)22-17(3,4)5/h8-10,12,19H,11H2,1-7H3. The average molecular weight is 304 g/mol. The molecule has 22 heavy (non-hydrogen) atoms. The number of hydrogen-bond acceptors (Lipinski definition) is 3. The summed E-state index contributed by atoms with van der Waals surface area (Å²) in [7, 11) is 0. The summed E-state index contributed by atoms with van der Waals surface area (Å²) in [6, 6.07) is 6.23. The van der Waals surface area contributed by atoms with Crippen molar-refractivity contribution in [3.63, 3.8) is 0 Å². The van der Waals surface area contributed by atoms with E-state index in [4.69, 9.17) is 4.74 Å². The van der Waals surface area contributed by atoms with E-state index in [1.165, 1.54) is 5.56 Å². The van der Waals surface area contributed by atoms with Crippen LogP contribution in [0.2, 0.25) is 0 Å². The number of hydrogen-bond donors (Lipinski definition) is 1. The Morgan fingerprint density at radius 3 is 2.50 bits per heavy atom. The molecule has 2 rings (SSSR count). The van der Waals surface area contributed by atoms with E-state index in [2.05, 4.69) is 45.1 Å². The van der Waals surface area contributed by atoms with E-state index in [9.17, 15) is 4.79 Å². The average Bonchev–Trinajstić information content (AvgIpc) is 2.33. The quantitative estimate of drug-likeness (QED) is 0.813. The van der Waals surface area contributed by atoms with Crippen LogP contribution in [-0.4, -0.2) is 23.8 Å². The number of carbonyl (C=O) groups is 1. The molecule has 1 aromatic rings. The zero-order valence-corrected chi connectivity index (χ0v) is 14.8. The minimum Gasteiger partial charge on any atom is -0.443 e. The van der Waals surface area contributed by atoms with E-state index in [1.807, 2.05) is 26.8 Å². The molecular formula is C18H28N2O2. The van der Waals surface area contributed by atoms with E-state index < -0.39 is 5.60 Å². The van der Waals surface area contributed by atoms with Gasteiger partial charge < -0.3 is 10.1 Å². The van der Waals surface area contributed by atoms with Crippen molar-refractivity contribution in [1.29, 1.82) is 0 Å². The van der Waals surface area contributed by atoms with Gasteiger partial charge in [0.25, 0.3) is 0 Å². The summed E-state index contributed by atoms with van der Waals surface area (Å²) >= 11 is 0. The number of ether oxygens (including phenoxy) is 1. The predicted octanol–water partition coefficient (Wildman–Crippen LogP) is 4.76. The smallest absolute Gasteiger partial charge is 0.414 e. The summed E-state index contributed by atoms with van der Waals surface area (Å²) in [6.45, 7) is 14.8. The molecule has 4 heteroatoms. The highest BCUT2D eigenvalue weighted by Crippen LogP contribution is 2.37. The third-order valence-corrected chi connectivity index (χ3v) is 3.62. The molecule has 0 unspecified atom stereocenters. The van der Waals surface area contributed by atoms with Crippen LogP contribution < -0.4 is 10.2 Å². The minimum absolute atomic E-state index is 0.195. The third-order valence-electron chi connectivity index (χ3n) is 3.62. The lowest BCUT2D eigenvalue weighted by atomic mass is 9.96. The van der Waals surface area contributed by atoms with E-state index in [0.29, 0.717) is 12.5 Å². The maximum atomic E-state index is 12.6. The first-order chi connectivity index (χ1) is 9.98. The monoisotopic (exact) mass is 304 g/mol. The van der Waals surface area contributed by atoms with Gasteiger partial charge in [-0.05, 0) is 58.2 Å². The van der Waals surface area contributed by atoms with Crippen molar-refractivity contribution in [3.8, 4) is 0 Å². The van der Waals surface area contributed by atoms with Gasteiger partial charge in [-0.1, -0.05) is 19.9 Å². The van der Waals surface area contributed by atoms with E-state index in [0.717, 1.165) is 11.4 Å². The Hall–Kier alpha value is -1.71. The summed E-state index contributed by atoms with van der Waals surface area (Å²) < 4.78 is 5.56. The van der Waals surface area contributed by atoms with E-state index in [-0.39, 0.29) is 11.6 Å². The van der Waals surface area contributed by atoms with Crippen LogP contribution in [0.25, 0.3) is 0 Å². The second kappa shape index (κ2) is 5.49. The predicted molar refractivity (Wildman–Crippen MR) is 91.8 cm³/mol. The summed E-state index contributed by atoms with van der Waals surface area (Å²) in [4.78, 5) is 14.3. The van der Waals surface area contributed by atoms with E-state index >= 15 is 0 Å². The molecule has 0 atom stereocenters. The maximum Gasteiger partial charge on any atom is 0.414 e. The second-order valence-electron chi connectivity index (χ2n) is 8.01. The van der Waals surface area contributed by atoms with Gasteiger partial charge in [0, 0.05) is 5.54 Å². The molecule has 0 saturated heterocycles. The lowest BCUT2D eigenvalue weighted by Gasteiger charge is -2.41. The molecule has 1 N–H and O–H groups in total. The lowest BCUT2D eigenvalue weighted by Crippen LogP contribution is -2.51. The first-order valence-corrected chi connectivity index (χ1v) is 7.91. The maximum absolute atomic E-state index is 12.6. The van der Waals surface area contributed by atoms with E-state index in [1.54, 1.807) is 4.90 Å². The molecule has 0 aromatic heterocycles. The zero-order chi connectivity index (χ0) is 16.7. The second-order valence-corrected chi connectivity index (χ2v) is 8.01. The first-order valence-electron chi connectivity index (χ1n) is 7.91. The van der Waals surface area contributed by atoms with Crippen LogP contribution in [-0.2, 0) is 4.74 Å². The molecule has 0 radical (unpaired) electrons. The van der Waals surface area contributed by atoms with Crippen LogP contribution in [0.4, 0.5) is 16.2 Å². The molecule has 0 aliphatic carbocycles. The number of anilines is 2. The molecule has 0 fully saturated rings. The topological polar surface area (TPSA) is 41.6 Å². The molecule has 1 aliphatic heterocycles. The Bertz CT molecular complexity index is 571. The number of carbonyl (C=O) groups excluding carboxylic acids is 1. The summed E-state index contributed by atoms with van der Waals surface area (Å²) in [5.74, 6) is 0.451. The number of benzene rings is 1. The van der Waals surface area contributed by atoms with Crippen molar-refractivity contribution in [2.75, 3.05) is 16.8 Å². The molecule has 1 aromatic carbocycles. The van der Waals surface area contributed by atoms with Crippen molar-refractivity contribution in [1.82, 2.24) is 0 Å². The molecule has 0 saturated carbocycles. The fourth-order valence-corrected chi connectivity index (χ4v) is 2.61. The third kappa shape index (κ3) is 3.73. The molecule has 1 amide bonds. The summed E-state index contributed by atoms with van der Waals surface area (Å²) in [5.41, 5.74) is 2.45. The fourth-order valence-electron chi connectivity index (χ4n) is 2.61. The molecule has 1 heterocycles. The number of nitrogens with zero attached hydrogens (tertiary/aromatic N) is 1. The highest BCUT2D eigenvalue weighted by atomic mass is 16.6. The number of rotatable bonds is 1. The van der Waals surface area contributed by atoms with Crippen LogP contribution in [0.5, 0.6) is 0 Å². The van der Waals surface area contributed by atoms with Crippen molar-refractivity contribution in [2.24, 2.45) is 0 Å². The molecular weight excluding hydrogens is 276 g/mol. The normalized spacial score (nSPS) is 17.0. The summed E-state index contributed by atoms with van der Waals surface area (Å²) in [6.07, 6.45) is -0.291. The van der Waals surface area contributed by atoms with Crippen molar-refractivity contribution < 1.29 is 9.53 Å². The number of amides is 1. The largest absolute Gasteiger partial charge is 0.443 e. The van der Waals surface area contributed by atoms with Gasteiger partial charge in [0.2, 0.25) is 0 Å². The van der Waals surface area contributed by atoms with Crippen molar-refractivity contribution in [2.45, 2.75) is 65.5 Å². The fraction of sp³-hybridized carbons (Fsp3) is 0.611. The van der Waals surface area contributed by atoms with Gasteiger partial charge in [0.1, 0.15) is 5.60 Å². The van der Waals surface area contributed by atoms with Crippen LogP contribution >= 0.6 is 0 Å². The number of fused-ring (bicyclic) bond motifs is 1. The molecule has 1 aliphatic rings. The Morgan fingerprint density at radius 2 is 1.95 bits per heavy atom. The highest BCUT2D eigenvalue weighted by molar-refractivity contribution is 5.94. The van der Waals surface area contributed by atoms with Crippen LogP contribution in [0.15, 0.2) is 18.2 Å². The van der Waals surface area contributed by atoms with Gasteiger partial charge in [-0.15, -0.1) is 0 Å². The van der Waals surface area contributed by atoms with Crippen molar-refractivity contribution in [3.05, 3.63) is 23.8 Å². The van der Waals surface area contributed by atoms with Crippen LogP contribution in [0.1, 0.15) is 59.9 Å². The molecule has 122 valence electrons. The van der Waals surface area contributed by atoms with Gasteiger partial charge in [-0.2, -0.15) is 0 Å². The molecule has 0 bridgehead atoms. The van der Waals surface area contributed by atoms with Gasteiger partial charge in [0.05, 0.1) is 17.9 Å². The van der Waals surface area contributed by atoms with Crippen LogP contribution in [0, 0.1) is 0 Å². The zero-order valence-electron chi connectivity index (χ0n) is 14.8. The Morgan fingerprint density at radius 1 is 1.32 bits per heavy atom. The summed E-state index contributed by atoms with van der Waals surface area (Å²) in [5, 5.41) is 3.53.